The van der Waals surface area contributed by atoms with Gasteiger partial charge in [0, 0.05) is 10.5 Å². The predicted molar refractivity (Wildman–Crippen MR) is 66.6 cm³/mol. The zero-order chi connectivity index (χ0) is 12.6. The van der Waals surface area contributed by atoms with Crippen molar-refractivity contribution in [1.29, 1.82) is 0 Å². The fraction of sp³-hybridized carbons (Fsp3) is 0.200. The number of aromatic nitrogens is 3. The van der Waals surface area contributed by atoms with E-state index in [1.54, 1.807) is 13.1 Å². The maximum atomic E-state index is 13.1. The number of hydrogen-bond donors (Lipinski definition) is 1. The van der Waals surface area contributed by atoms with E-state index >= 15 is 0 Å². The van der Waals surface area contributed by atoms with Crippen LogP contribution in [0.3, 0.4) is 0 Å². The Balaban J connectivity index is 2.52. The Labute approximate surface area is 111 Å². The summed E-state index contributed by atoms with van der Waals surface area (Å²) in [4.78, 5) is 0. The molecular formula is C10H9BrClFN4. The van der Waals surface area contributed by atoms with Crippen molar-refractivity contribution < 1.29 is 4.39 Å². The zero-order valence-electron chi connectivity index (χ0n) is 8.86. The number of nitrogens with zero attached hydrogens (tertiary/aromatic N) is 3. The van der Waals surface area contributed by atoms with Gasteiger partial charge in [0.05, 0.1) is 22.6 Å². The zero-order valence-corrected chi connectivity index (χ0v) is 11.2. The fourth-order valence-electron chi connectivity index (χ4n) is 1.35. The lowest BCUT2D eigenvalue weighted by Crippen LogP contribution is -2.05. The fourth-order valence-corrected chi connectivity index (χ4v) is 2.37. The molecule has 0 bridgehead atoms. The normalized spacial score (nSPS) is 12.8. The molecule has 0 saturated carbocycles. The minimum atomic E-state index is -0.418. The van der Waals surface area contributed by atoms with Gasteiger partial charge in [0.2, 0.25) is 0 Å². The highest BCUT2D eigenvalue weighted by atomic mass is 79.9. The van der Waals surface area contributed by atoms with Crippen LogP contribution in [-0.4, -0.2) is 15.0 Å². The van der Waals surface area contributed by atoms with Crippen molar-refractivity contribution in [3.8, 4) is 5.69 Å². The molecule has 2 aromatic rings. The average molecular weight is 320 g/mol. The van der Waals surface area contributed by atoms with Crippen LogP contribution in [0.5, 0.6) is 0 Å². The number of hydrogen-bond acceptors (Lipinski definition) is 3. The topological polar surface area (TPSA) is 56.7 Å². The van der Waals surface area contributed by atoms with E-state index in [-0.39, 0.29) is 11.1 Å². The van der Waals surface area contributed by atoms with Crippen molar-refractivity contribution in [1.82, 2.24) is 15.0 Å². The molecule has 0 fully saturated rings. The summed E-state index contributed by atoms with van der Waals surface area (Å²) in [6, 6.07) is 2.31. The van der Waals surface area contributed by atoms with Gasteiger partial charge in [-0.1, -0.05) is 16.8 Å². The van der Waals surface area contributed by atoms with Crippen LogP contribution < -0.4 is 5.73 Å². The maximum absolute atomic E-state index is 13.1. The summed E-state index contributed by atoms with van der Waals surface area (Å²) in [5.74, 6) is -0.418. The summed E-state index contributed by atoms with van der Waals surface area (Å²) in [5.41, 5.74) is 6.86. The highest BCUT2D eigenvalue weighted by Crippen LogP contribution is 2.29. The van der Waals surface area contributed by atoms with E-state index < -0.39 is 5.82 Å². The molecule has 1 unspecified atom stereocenters. The molecule has 0 aliphatic rings. The van der Waals surface area contributed by atoms with Crippen molar-refractivity contribution in [2.24, 2.45) is 5.73 Å². The second-order valence-corrected chi connectivity index (χ2v) is 4.86. The Kier molecular flexibility index (Phi) is 3.46. The summed E-state index contributed by atoms with van der Waals surface area (Å²) in [6.45, 7) is 1.80. The van der Waals surface area contributed by atoms with Gasteiger partial charge in [0.25, 0.3) is 0 Å². The van der Waals surface area contributed by atoms with Crippen molar-refractivity contribution in [2.45, 2.75) is 13.0 Å². The Bertz CT molecular complexity index is 532. The van der Waals surface area contributed by atoms with E-state index in [0.717, 1.165) is 0 Å². The van der Waals surface area contributed by atoms with E-state index in [9.17, 15) is 4.39 Å². The standard InChI is InChI=1S/C10H9BrClFN4/c1-5(14)9-4-17(16-15-9)10-7(11)2-6(13)3-8(10)12/h2-5H,14H2,1H3. The van der Waals surface area contributed by atoms with Gasteiger partial charge in [0.15, 0.2) is 0 Å². The van der Waals surface area contributed by atoms with Crippen LogP contribution in [0.1, 0.15) is 18.7 Å². The van der Waals surface area contributed by atoms with Gasteiger partial charge in [-0.15, -0.1) is 5.10 Å². The van der Waals surface area contributed by atoms with Crippen LogP contribution in [0.2, 0.25) is 5.02 Å². The lowest BCUT2D eigenvalue weighted by Gasteiger charge is -2.06. The third kappa shape index (κ3) is 2.48. The molecule has 17 heavy (non-hydrogen) atoms. The smallest absolute Gasteiger partial charge is 0.125 e. The highest BCUT2D eigenvalue weighted by Gasteiger charge is 2.13. The van der Waals surface area contributed by atoms with Gasteiger partial charge in [-0.3, -0.25) is 0 Å². The molecule has 4 nitrogen and oxygen atoms in total. The molecule has 1 aromatic heterocycles. The van der Waals surface area contributed by atoms with Crippen molar-refractivity contribution in [3.05, 3.63) is 39.3 Å². The first-order valence-corrected chi connectivity index (χ1v) is 5.99. The molecule has 0 amide bonds. The number of nitrogens with two attached hydrogens (primary N) is 1. The Morgan fingerprint density at radius 1 is 1.53 bits per heavy atom. The van der Waals surface area contributed by atoms with Crippen LogP contribution in [-0.2, 0) is 0 Å². The number of benzene rings is 1. The third-order valence-electron chi connectivity index (χ3n) is 2.19. The molecule has 0 aliphatic heterocycles. The second kappa shape index (κ2) is 4.72. The molecule has 1 atom stereocenters. The van der Waals surface area contributed by atoms with Crippen LogP contribution in [0.25, 0.3) is 5.69 Å². The minimum Gasteiger partial charge on any atom is -0.323 e. The SMILES string of the molecule is CC(N)c1cn(-c2c(Cl)cc(F)cc2Br)nn1. The first-order valence-electron chi connectivity index (χ1n) is 4.82. The van der Waals surface area contributed by atoms with Crippen molar-refractivity contribution in [3.63, 3.8) is 0 Å². The van der Waals surface area contributed by atoms with Crippen LogP contribution >= 0.6 is 27.5 Å². The second-order valence-electron chi connectivity index (χ2n) is 3.59. The van der Waals surface area contributed by atoms with Gasteiger partial charge in [-0.25, -0.2) is 9.07 Å². The highest BCUT2D eigenvalue weighted by molar-refractivity contribution is 9.10. The molecule has 7 heteroatoms. The van der Waals surface area contributed by atoms with E-state index in [1.807, 2.05) is 0 Å². The Morgan fingerprint density at radius 3 is 2.76 bits per heavy atom. The van der Waals surface area contributed by atoms with Gasteiger partial charge < -0.3 is 5.73 Å². The average Bonchev–Trinajstić information content (AvgIpc) is 2.65. The van der Waals surface area contributed by atoms with E-state index in [4.69, 9.17) is 17.3 Å². The first-order chi connectivity index (χ1) is 7.99. The Hall–Kier alpha value is -0.980. The van der Waals surface area contributed by atoms with Gasteiger partial charge in [-0.2, -0.15) is 0 Å². The Morgan fingerprint density at radius 2 is 2.24 bits per heavy atom. The van der Waals surface area contributed by atoms with Gasteiger partial charge >= 0.3 is 0 Å². The third-order valence-corrected chi connectivity index (χ3v) is 3.08. The molecular weight excluding hydrogens is 310 g/mol. The molecule has 1 heterocycles. The first kappa shape index (κ1) is 12.5. The molecule has 0 radical (unpaired) electrons. The summed E-state index contributed by atoms with van der Waals surface area (Å²) >= 11 is 9.20. The lowest BCUT2D eigenvalue weighted by molar-refractivity contribution is 0.625. The summed E-state index contributed by atoms with van der Waals surface area (Å²) < 4.78 is 15.0. The van der Waals surface area contributed by atoms with Crippen molar-refractivity contribution in [2.75, 3.05) is 0 Å². The van der Waals surface area contributed by atoms with E-state index in [1.165, 1.54) is 16.8 Å². The number of rotatable bonds is 2. The molecule has 2 N–H and O–H groups in total. The van der Waals surface area contributed by atoms with Crippen LogP contribution in [0.15, 0.2) is 22.8 Å². The quantitative estimate of drug-likeness (QED) is 0.926. The molecule has 1 aromatic carbocycles. The number of halogens is 3. The molecule has 0 aliphatic carbocycles. The van der Waals surface area contributed by atoms with E-state index in [0.29, 0.717) is 15.9 Å². The summed E-state index contributed by atoms with van der Waals surface area (Å²) in [7, 11) is 0. The van der Waals surface area contributed by atoms with Gasteiger partial charge in [-0.05, 0) is 35.0 Å². The summed E-state index contributed by atoms with van der Waals surface area (Å²) in [6.07, 6.45) is 1.66. The predicted octanol–water partition coefficient (Wildman–Crippen LogP) is 2.84. The molecule has 0 saturated heterocycles. The van der Waals surface area contributed by atoms with Crippen LogP contribution in [0, 0.1) is 5.82 Å². The van der Waals surface area contributed by atoms with E-state index in [2.05, 4.69) is 26.2 Å². The summed E-state index contributed by atoms with van der Waals surface area (Å²) in [5, 5.41) is 8.07. The monoisotopic (exact) mass is 318 g/mol. The van der Waals surface area contributed by atoms with Gasteiger partial charge in [0.1, 0.15) is 5.82 Å². The maximum Gasteiger partial charge on any atom is 0.125 e. The molecule has 90 valence electrons. The largest absolute Gasteiger partial charge is 0.323 e. The molecule has 2 rings (SSSR count). The lowest BCUT2D eigenvalue weighted by atomic mass is 10.3. The van der Waals surface area contributed by atoms with Crippen LogP contribution in [0.4, 0.5) is 4.39 Å². The van der Waals surface area contributed by atoms with Crippen molar-refractivity contribution >= 4 is 27.5 Å². The minimum absolute atomic E-state index is 0.221. The molecule has 0 spiro atoms.